The molecule has 226 valence electrons. The largest absolute Gasteiger partial charge is 0.416 e. The SMILES string of the molecule is C=C(/C=C\C(=C/CC)Nc1cccc(C(F)(F)F)c1)C(=O)NNC(=NC)/N=C(\C(=C)F)N1CCOCC1.CC(C)C. The Kier molecular flexibility index (Phi) is 15.1. The number of carbonyl (C=O) groups excluding carboxylic acids is 1. The summed E-state index contributed by atoms with van der Waals surface area (Å²) >= 11 is 0. The highest BCUT2D eigenvalue weighted by atomic mass is 19.4. The summed E-state index contributed by atoms with van der Waals surface area (Å²) in [5.41, 5.74) is 4.85. The molecule has 12 heteroatoms. The maximum absolute atomic E-state index is 14.0. The van der Waals surface area contributed by atoms with Gasteiger partial charge in [0.2, 0.25) is 5.96 Å². The highest BCUT2D eigenvalue weighted by Crippen LogP contribution is 2.31. The van der Waals surface area contributed by atoms with Crippen molar-refractivity contribution in [1.29, 1.82) is 0 Å². The molecule has 1 fully saturated rings. The van der Waals surface area contributed by atoms with E-state index in [1.165, 1.54) is 31.3 Å². The van der Waals surface area contributed by atoms with Crippen molar-refractivity contribution in [2.24, 2.45) is 15.9 Å². The smallest absolute Gasteiger partial charge is 0.378 e. The fraction of sp³-hybridized carbons (Fsp3) is 0.414. The number of hydrazine groups is 1. The molecule has 1 heterocycles. The number of benzene rings is 1. The average molecular weight is 581 g/mol. The van der Waals surface area contributed by atoms with Gasteiger partial charge in [-0.15, -0.1) is 0 Å². The van der Waals surface area contributed by atoms with Crippen molar-refractivity contribution >= 4 is 23.4 Å². The number of nitrogens with zero attached hydrogens (tertiary/aromatic N) is 3. The number of nitrogens with one attached hydrogen (secondary N) is 3. The second kappa shape index (κ2) is 17.7. The van der Waals surface area contributed by atoms with Crippen LogP contribution in [0.2, 0.25) is 0 Å². The van der Waals surface area contributed by atoms with E-state index in [0.717, 1.165) is 18.1 Å². The first kappa shape index (κ1) is 35.1. The van der Waals surface area contributed by atoms with Crippen LogP contribution in [0.15, 0.2) is 82.7 Å². The number of alkyl halides is 3. The molecular weight excluding hydrogens is 540 g/mol. The lowest BCUT2D eigenvalue weighted by atomic mass is 10.1. The first-order valence-electron chi connectivity index (χ1n) is 13.1. The lowest BCUT2D eigenvalue weighted by Crippen LogP contribution is -2.44. The van der Waals surface area contributed by atoms with Gasteiger partial charge in [0.25, 0.3) is 5.91 Å². The van der Waals surface area contributed by atoms with Gasteiger partial charge in [-0.3, -0.25) is 20.6 Å². The van der Waals surface area contributed by atoms with Crippen molar-refractivity contribution in [2.45, 2.75) is 40.3 Å². The first-order chi connectivity index (χ1) is 19.3. The molecule has 8 nitrogen and oxygen atoms in total. The van der Waals surface area contributed by atoms with Crippen LogP contribution in [-0.4, -0.2) is 56.0 Å². The van der Waals surface area contributed by atoms with Crippen molar-refractivity contribution in [3.8, 4) is 0 Å². The molecule has 0 bridgehead atoms. The van der Waals surface area contributed by atoms with Gasteiger partial charge >= 0.3 is 6.18 Å². The van der Waals surface area contributed by atoms with E-state index in [9.17, 15) is 22.4 Å². The number of aliphatic imine (C=N–C) groups is 2. The number of guanidine groups is 1. The normalized spacial score (nSPS) is 14.9. The standard InChI is InChI=1S/C25H30F4N6O2.C4H10/c1-5-7-20(31-21-9-6-8-19(16-21)25(27,28)29)11-10-17(2)23(36)33-34-24(30-4)32-22(18(3)26)35-12-14-37-15-13-35;1-4(2)3/h6-11,16,31H,2-3,5,12-15H2,1,4H3,(H,30,34)(H,33,36);4H,1-3H3/b11-10-,20-7+,32-22+;. The van der Waals surface area contributed by atoms with Crippen LogP contribution < -0.4 is 16.2 Å². The van der Waals surface area contributed by atoms with Crippen LogP contribution in [0, 0.1) is 5.92 Å². The van der Waals surface area contributed by atoms with Gasteiger partial charge in [0, 0.05) is 37.1 Å². The summed E-state index contributed by atoms with van der Waals surface area (Å²) in [6.45, 7) is 17.0. The van der Waals surface area contributed by atoms with E-state index in [-0.39, 0.29) is 23.1 Å². The third-order valence-corrected chi connectivity index (χ3v) is 4.92. The quantitative estimate of drug-likeness (QED) is 0.0919. The van der Waals surface area contributed by atoms with Crippen molar-refractivity contribution in [3.63, 3.8) is 0 Å². The summed E-state index contributed by atoms with van der Waals surface area (Å²) in [6, 6.07) is 4.77. The molecule has 1 aliphatic heterocycles. The van der Waals surface area contributed by atoms with E-state index < -0.39 is 23.5 Å². The summed E-state index contributed by atoms with van der Waals surface area (Å²) in [6.07, 6.45) is 0.780. The monoisotopic (exact) mass is 580 g/mol. The third kappa shape index (κ3) is 13.8. The van der Waals surface area contributed by atoms with Crippen LogP contribution in [0.4, 0.5) is 23.2 Å². The second-order valence-corrected chi connectivity index (χ2v) is 9.43. The minimum Gasteiger partial charge on any atom is -0.378 e. The average Bonchev–Trinajstić information content (AvgIpc) is 2.91. The van der Waals surface area contributed by atoms with E-state index in [1.807, 2.05) is 6.92 Å². The molecule has 1 aromatic rings. The summed E-state index contributed by atoms with van der Waals surface area (Å²) in [7, 11) is 1.41. The second-order valence-electron chi connectivity index (χ2n) is 9.43. The number of morpholine rings is 1. The highest BCUT2D eigenvalue weighted by molar-refractivity contribution is 6.04. The minimum absolute atomic E-state index is 0.0283. The van der Waals surface area contributed by atoms with Crippen LogP contribution >= 0.6 is 0 Å². The summed E-state index contributed by atoms with van der Waals surface area (Å²) in [5, 5.41) is 2.90. The Morgan fingerprint density at radius 2 is 1.78 bits per heavy atom. The van der Waals surface area contributed by atoms with Gasteiger partial charge in [-0.1, -0.05) is 53.0 Å². The van der Waals surface area contributed by atoms with Crippen LogP contribution in [-0.2, 0) is 15.7 Å². The molecule has 0 aliphatic carbocycles. The van der Waals surface area contributed by atoms with E-state index >= 15 is 0 Å². The molecule has 1 aromatic carbocycles. The fourth-order valence-corrected chi connectivity index (χ4v) is 3.09. The Morgan fingerprint density at radius 3 is 2.32 bits per heavy atom. The van der Waals surface area contributed by atoms with Gasteiger partial charge in [0.05, 0.1) is 18.8 Å². The molecule has 0 aromatic heterocycles. The molecular formula is C29H40F4N6O2. The van der Waals surface area contributed by atoms with Crippen LogP contribution in [0.5, 0.6) is 0 Å². The van der Waals surface area contributed by atoms with E-state index in [4.69, 9.17) is 4.74 Å². The molecule has 1 aliphatic rings. The number of ether oxygens (including phenoxy) is 1. The summed E-state index contributed by atoms with van der Waals surface area (Å²) in [5.74, 6) is -0.649. The number of amidine groups is 1. The lowest BCUT2D eigenvalue weighted by Gasteiger charge is -2.29. The van der Waals surface area contributed by atoms with Crippen molar-refractivity contribution in [1.82, 2.24) is 15.8 Å². The Balaban J connectivity index is 0.00000196. The van der Waals surface area contributed by atoms with Gasteiger partial charge < -0.3 is 15.0 Å². The molecule has 0 radical (unpaired) electrons. The van der Waals surface area contributed by atoms with Gasteiger partial charge in [0.15, 0.2) is 11.7 Å². The van der Waals surface area contributed by atoms with Gasteiger partial charge in [0.1, 0.15) is 0 Å². The maximum atomic E-state index is 14.0. The molecule has 0 atom stereocenters. The molecule has 1 saturated heterocycles. The van der Waals surface area contributed by atoms with E-state index in [0.29, 0.717) is 38.4 Å². The molecule has 0 saturated carbocycles. The van der Waals surface area contributed by atoms with Gasteiger partial charge in [-0.25, -0.2) is 4.39 Å². The molecule has 1 amide bonds. The Labute approximate surface area is 239 Å². The molecule has 41 heavy (non-hydrogen) atoms. The molecule has 0 spiro atoms. The number of anilines is 1. The zero-order chi connectivity index (χ0) is 31.0. The number of rotatable bonds is 7. The highest BCUT2D eigenvalue weighted by Gasteiger charge is 2.30. The summed E-state index contributed by atoms with van der Waals surface area (Å²) < 4.78 is 58.2. The number of halogens is 4. The number of hydrogen-bond acceptors (Lipinski definition) is 4. The molecule has 0 unspecified atom stereocenters. The maximum Gasteiger partial charge on any atom is 0.416 e. The number of amides is 1. The van der Waals surface area contributed by atoms with Crippen LogP contribution in [0.25, 0.3) is 0 Å². The Hall–Kier alpha value is -3.93. The van der Waals surface area contributed by atoms with E-state index in [2.05, 4.69) is 60.1 Å². The molecule has 2 rings (SSSR count). The third-order valence-electron chi connectivity index (χ3n) is 4.92. The van der Waals surface area contributed by atoms with Crippen molar-refractivity contribution in [2.75, 3.05) is 38.7 Å². The van der Waals surface area contributed by atoms with E-state index in [1.54, 1.807) is 11.0 Å². The fourth-order valence-electron chi connectivity index (χ4n) is 3.09. The van der Waals surface area contributed by atoms with Gasteiger partial charge in [-0.05, 0) is 42.7 Å². The number of allylic oxidation sites excluding steroid dienone is 2. The topological polar surface area (TPSA) is 90.4 Å². The predicted molar refractivity (Wildman–Crippen MR) is 157 cm³/mol. The zero-order valence-corrected chi connectivity index (χ0v) is 24.2. The van der Waals surface area contributed by atoms with Crippen LogP contribution in [0.3, 0.4) is 0 Å². The van der Waals surface area contributed by atoms with Crippen molar-refractivity contribution in [3.05, 3.63) is 78.3 Å². The Bertz CT molecular complexity index is 1150. The predicted octanol–water partition coefficient (Wildman–Crippen LogP) is 6.01. The number of carbonyl (C=O) groups is 1. The van der Waals surface area contributed by atoms with Crippen molar-refractivity contribution < 1.29 is 27.1 Å². The van der Waals surface area contributed by atoms with Crippen LogP contribution in [0.1, 0.15) is 39.7 Å². The molecule has 3 N–H and O–H groups in total. The number of hydrogen-bond donors (Lipinski definition) is 3. The minimum atomic E-state index is -4.47. The Morgan fingerprint density at radius 1 is 1.15 bits per heavy atom. The first-order valence-corrected chi connectivity index (χ1v) is 13.1. The lowest BCUT2D eigenvalue weighted by molar-refractivity contribution is -0.137. The summed E-state index contributed by atoms with van der Waals surface area (Å²) in [4.78, 5) is 22.1. The zero-order valence-electron chi connectivity index (χ0n) is 24.2. The van der Waals surface area contributed by atoms with Gasteiger partial charge in [-0.2, -0.15) is 18.2 Å².